The summed E-state index contributed by atoms with van der Waals surface area (Å²) in [7, 11) is 0. The minimum atomic E-state index is 0.265. The highest BCUT2D eigenvalue weighted by Crippen LogP contribution is 2.22. The molecule has 2 rings (SSSR count). The van der Waals surface area contributed by atoms with Crippen molar-refractivity contribution >= 4 is 22.4 Å². The van der Waals surface area contributed by atoms with Crippen molar-refractivity contribution in [2.24, 2.45) is 0 Å². The Morgan fingerprint density at radius 2 is 2.08 bits per heavy atom. The molecule has 0 atom stereocenters. The Balaban J connectivity index is 2.94. The molecule has 0 bridgehead atoms. The fraction of sp³-hybridized carbons (Fsp3) is 0. The van der Waals surface area contributed by atoms with Crippen LogP contribution >= 0.6 is 11.6 Å². The molecule has 0 radical (unpaired) electrons. The smallest absolute Gasteiger partial charge is 0.147 e. The topological polar surface area (TPSA) is 36.7 Å². The second kappa shape index (κ2) is 3.04. The van der Waals surface area contributed by atoms with Crippen molar-refractivity contribution in [3.8, 4) is 6.07 Å². The van der Waals surface area contributed by atoms with Crippen LogP contribution in [0.3, 0.4) is 0 Å². The number of pyridine rings is 1. The molecule has 2 nitrogen and oxygen atoms in total. The lowest BCUT2D eigenvalue weighted by atomic mass is 10.1. The molecular weight excluding hydrogens is 184 g/mol. The number of benzene rings is 1. The number of halogens is 1. The van der Waals surface area contributed by atoms with Gasteiger partial charge in [-0.05, 0) is 0 Å². The van der Waals surface area contributed by atoms with E-state index < -0.39 is 0 Å². The van der Waals surface area contributed by atoms with Crippen LogP contribution in [-0.4, -0.2) is 4.98 Å². The van der Waals surface area contributed by atoms with Gasteiger partial charge in [-0.3, -0.25) is 0 Å². The standard InChI is InChI=1S/C10H5ClN2/c11-10-9(5-12)8-4-2-1-3-7(8)6-13-10/h1-4,6H. The number of rotatable bonds is 0. The second-order valence-corrected chi connectivity index (χ2v) is 2.98. The van der Waals surface area contributed by atoms with Crippen LogP contribution < -0.4 is 0 Å². The molecule has 0 N–H and O–H groups in total. The van der Waals surface area contributed by atoms with Gasteiger partial charge in [0, 0.05) is 17.0 Å². The second-order valence-electron chi connectivity index (χ2n) is 2.62. The Morgan fingerprint density at radius 3 is 2.85 bits per heavy atom. The Kier molecular flexibility index (Phi) is 1.88. The van der Waals surface area contributed by atoms with E-state index >= 15 is 0 Å². The number of nitrogens with zero attached hydrogens (tertiary/aromatic N) is 2. The van der Waals surface area contributed by atoms with Crippen molar-refractivity contribution in [2.45, 2.75) is 0 Å². The highest BCUT2D eigenvalue weighted by atomic mass is 35.5. The van der Waals surface area contributed by atoms with E-state index in [0.29, 0.717) is 5.56 Å². The minimum Gasteiger partial charge on any atom is -0.242 e. The van der Waals surface area contributed by atoms with Gasteiger partial charge in [0.05, 0.1) is 5.56 Å². The fourth-order valence-corrected chi connectivity index (χ4v) is 1.44. The largest absolute Gasteiger partial charge is 0.242 e. The van der Waals surface area contributed by atoms with E-state index in [-0.39, 0.29) is 5.15 Å². The Bertz CT molecular complexity index is 500. The number of hydrogen-bond donors (Lipinski definition) is 0. The van der Waals surface area contributed by atoms with Crippen LogP contribution in [0.5, 0.6) is 0 Å². The SMILES string of the molecule is N#Cc1c(Cl)ncc2ccccc12. The van der Waals surface area contributed by atoms with Crippen LogP contribution in [0.2, 0.25) is 5.15 Å². The molecule has 1 heterocycles. The van der Waals surface area contributed by atoms with Gasteiger partial charge in [0.25, 0.3) is 0 Å². The molecule has 0 aliphatic rings. The Hall–Kier alpha value is -1.59. The van der Waals surface area contributed by atoms with E-state index in [1.165, 1.54) is 0 Å². The third kappa shape index (κ3) is 1.24. The average Bonchev–Trinajstić information content (AvgIpc) is 2.18. The van der Waals surface area contributed by atoms with Gasteiger partial charge >= 0.3 is 0 Å². The molecule has 0 spiro atoms. The van der Waals surface area contributed by atoms with Crippen LogP contribution in [0.1, 0.15) is 5.56 Å². The summed E-state index contributed by atoms with van der Waals surface area (Å²) in [5, 5.41) is 10.9. The zero-order valence-corrected chi connectivity index (χ0v) is 7.42. The first-order valence-electron chi connectivity index (χ1n) is 3.76. The molecule has 0 saturated carbocycles. The van der Waals surface area contributed by atoms with Gasteiger partial charge in [-0.15, -0.1) is 0 Å². The summed E-state index contributed by atoms with van der Waals surface area (Å²) in [6.07, 6.45) is 1.67. The van der Waals surface area contributed by atoms with Crippen molar-refractivity contribution in [2.75, 3.05) is 0 Å². The number of fused-ring (bicyclic) bond motifs is 1. The zero-order valence-electron chi connectivity index (χ0n) is 6.66. The van der Waals surface area contributed by atoms with Crippen LogP contribution in [0, 0.1) is 11.3 Å². The van der Waals surface area contributed by atoms with Gasteiger partial charge in [0.1, 0.15) is 11.2 Å². The summed E-state index contributed by atoms with van der Waals surface area (Å²) in [5.41, 5.74) is 0.444. The monoisotopic (exact) mass is 188 g/mol. The summed E-state index contributed by atoms with van der Waals surface area (Å²) in [4.78, 5) is 3.92. The van der Waals surface area contributed by atoms with Gasteiger partial charge in [0.2, 0.25) is 0 Å². The van der Waals surface area contributed by atoms with Crippen molar-refractivity contribution in [3.63, 3.8) is 0 Å². The van der Waals surface area contributed by atoms with Crippen molar-refractivity contribution in [3.05, 3.63) is 41.2 Å². The van der Waals surface area contributed by atoms with Crippen LogP contribution in [0.4, 0.5) is 0 Å². The predicted molar refractivity (Wildman–Crippen MR) is 51.5 cm³/mol. The van der Waals surface area contributed by atoms with Crippen LogP contribution in [-0.2, 0) is 0 Å². The molecule has 0 aliphatic heterocycles. The molecule has 3 heteroatoms. The molecule has 2 aromatic rings. The highest BCUT2D eigenvalue weighted by molar-refractivity contribution is 6.31. The Labute approximate surface area is 80.4 Å². The zero-order chi connectivity index (χ0) is 9.26. The summed E-state index contributed by atoms with van der Waals surface area (Å²) < 4.78 is 0. The lowest BCUT2D eigenvalue weighted by Gasteiger charge is -1.99. The Morgan fingerprint density at radius 1 is 1.31 bits per heavy atom. The van der Waals surface area contributed by atoms with Crippen molar-refractivity contribution < 1.29 is 0 Å². The third-order valence-corrected chi connectivity index (χ3v) is 2.15. The van der Waals surface area contributed by atoms with E-state index in [4.69, 9.17) is 16.9 Å². The predicted octanol–water partition coefficient (Wildman–Crippen LogP) is 2.76. The maximum atomic E-state index is 8.84. The highest BCUT2D eigenvalue weighted by Gasteiger charge is 2.04. The molecule has 0 amide bonds. The van der Waals surface area contributed by atoms with Crippen LogP contribution in [0.15, 0.2) is 30.5 Å². The van der Waals surface area contributed by atoms with Gasteiger partial charge in [-0.2, -0.15) is 5.26 Å². The fourth-order valence-electron chi connectivity index (χ4n) is 1.25. The van der Waals surface area contributed by atoms with Gasteiger partial charge in [-0.25, -0.2) is 4.98 Å². The third-order valence-electron chi connectivity index (χ3n) is 1.87. The minimum absolute atomic E-state index is 0.265. The molecule has 0 fully saturated rings. The van der Waals surface area contributed by atoms with Gasteiger partial charge in [0.15, 0.2) is 0 Å². The normalized spacial score (nSPS) is 9.85. The van der Waals surface area contributed by atoms with Crippen LogP contribution in [0.25, 0.3) is 10.8 Å². The molecule has 1 aromatic carbocycles. The first-order chi connectivity index (χ1) is 6.33. The lowest BCUT2D eigenvalue weighted by molar-refractivity contribution is 1.34. The summed E-state index contributed by atoms with van der Waals surface area (Å²) >= 11 is 5.77. The number of hydrogen-bond acceptors (Lipinski definition) is 2. The quantitative estimate of drug-likeness (QED) is 0.596. The summed E-state index contributed by atoms with van der Waals surface area (Å²) in [6.45, 7) is 0. The maximum Gasteiger partial charge on any atom is 0.147 e. The lowest BCUT2D eigenvalue weighted by Crippen LogP contribution is -1.84. The maximum absolute atomic E-state index is 8.84. The molecule has 0 unspecified atom stereocenters. The van der Waals surface area contributed by atoms with E-state index in [1.54, 1.807) is 6.20 Å². The molecule has 62 valence electrons. The van der Waals surface area contributed by atoms with Gasteiger partial charge < -0.3 is 0 Å². The number of nitriles is 1. The first kappa shape index (κ1) is 8.03. The van der Waals surface area contributed by atoms with E-state index in [0.717, 1.165) is 10.8 Å². The van der Waals surface area contributed by atoms with Gasteiger partial charge in [-0.1, -0.05) is 35.9 Å². The molecule has 13 heavy (non-hydrogen) atoms. The van der Waals surface area contributed by atoms with Crippen molar-refractivity contribution in [1.29, 1.82) is 5.26 Å². The first-order valence-corrected chi connectivity index (χ1v) is 4.14. The van der Waals surface area contributed by atoms with E-state index in [9.17, 15) is 0 Å². The molecule has 0 aliphatic carbocycles. The van der Waals surface area contributed by atoms with E-state index in [1.807, 2.05) is 30.3 Å². The molecular formula is C10H5ClN2. The molecule has 1 aromatic heterocycles. The number of aromatic nitrogens is 1. The summed E-state index contributed by atoms with van der Waals surface area (Å²) in [6, 6.07) is 9.58. The molecule has 0 saturated heterocycles. The van der Waals surface area contributed by atoms with E-state index in [2.05, 4.69) is 4.98 Å². The van der Waals surface area contributed by atoms with Crippen molar-refractivity contribution in [1.82, 2.24) is 4.98 Å². The summed E-state index contributed by atoms with van der Waals surface area (Å²) in [5.74, 6) is 0. The average molecular weight is 189 g/mol.